The topological polar surface area (TPSA) is 91.4 Å². The first-order chi connectivity index (χ1) is 18.4. The number of ether oxygens (including phenoxy) is 1. The molecule has 0 bridgehead atoms. The molecule has 1 saturated heterocycles. The third-order valence-electron chi connectivity index (χ3n) is 7.66. The average molecular weight is 515 g/mol. The molecule has 1 atom stereocenters. The van der Waals surface area contributed by atoms with Crippen molar-refractivity contribution in [2.75, 3.05) is 42.7 Å². The molecule has 1 amide bonds. The zero-order valence-electron chi connectivity index (χ0n) is 22.6. The van der Waals surface area contributed by atoms with E-state index in [1.54, 1.807) is 24.5 Å². The molecule has 1 unspecified atom stereocenters. The fourth-order valence-corrected chi connectivity index (χ4v) is 5.33. The van der Waals surface area contributed by atoms with Crippen LogP contribution in [0, 0.1) is 0 Å². The van der Waals surface area contributed by atoms with E-state index in [2.05, 4.69) is 57.8 Å². The van der Waals surface area contributed by atoms with E-state index in [9.17, 15) is 4.79 Å². The summed E-state index contributed by atoms with van der Waals surface area (Å²) in [6.07, 6.45) is 8.26. The summed E-state index contributed by atoms with van der Waals surface area (Å²) < 4.78 is 5.97. The quantitative estimate of drug-likeness (QED) is 0.357. The van der Waals surface area contributed by atoms with Crippen LogP contribution in [-0.2, 0) is 12.0 Å². The molecule has 200 valence electrons. The fourth-order valence-electron chi connectivity index (χ4n) is 5.33. The summed E-state index contributed by atoms with van der Waals surface area (Å²) in [4.78, 5) is 24.4. The summed E-state index contributed by atoms with van der Waals surface area (Å²) in [5, 5.41) is 9.77. The number of aromatic nitrogens is 2. The molecule has 1 fully saturated rings. The van der Waals surface area contributed by atoms with Crippen molar-refractivity contribution in [1.29, 1.82) is 0 Å². The lowest BCUT2D eigenvalue weighted by Crippen LogP contribution is -2.37. The first-order valence-electron chi connectivity index (χ1n) is 13.6. The predicted octanol–water partition coefficient (Wildman–Crippen LogP) is 5.30. The van der Waals surface area contributed by atoms with E-state index < -0.39 is 0 Å². The standard InChI is InChI=1S/C30H38N6O2/c1-30(2)20-34-26-18-22(9-10-25(26)30)35-29(37)24-8-6-13-32-28(24)33-19-21-11-14-31-27(17-21)38-16-12-23-7-4-5-15-36(23)3/h6,8-11,13-14,17-18,23,34H,4-5,7,12,15-16,19-20H2,1-3H3,(H,32,33)(H,35,37). The summed E-state index contributed by atoms with van der Waals surface area (Å²) in [5.74, 6) is 0.949. The van der Waals surface area contributed by atoms with Crippen LogP contribution in [0.15, 0.2) is 54.9 Å². The van der Waals surface area contributed by atoms with Crippen LogP contribution in [0.25, 0.3) is 0 Å². The monoisotopic (exact) mass is 514 g/mol. The number of likely N-dealkylation sites (tertiary alicyclic amines) is 1. The lowest BCUT2D eigenvalue weighted by atomic mass is 9.87. The molecule has 2 aromatic heterocycles. The average Bonchev–Trinajstić information content (AvgIpc) is 3.22. The maximum Gasteiger partial charge on any atom is 0.259 e. The highest BCUT2D eigenvalue weighted by molar-refractivity contribution is 6.07. The van der Waals surface area contributed by atoms with E-state index >= 15 is 0 Å². The van der Waals surface area contributed by atoms with Crippen molar-refractivity contribution in [3.8, 4) is 5.88 Å². The van der Waals surface area contributed by atoms with Gasteiger partial charge in [-0.15, -0.1) is 0 Å². The molecular weight excluding hydrogens is 476 g/mol. The van der Waals surface area contributed by atoms with Crippen molar-refractivity contribution < 1.29 is 9.53 Å². The number of anilines is 3. The second kappa shape index (κ2) is 11.4. The van der Waals surface area contributed by atoms with E-state index in [0.717, 1.165) is 29.9 Å². The third kappa shape index (κ3) is 6.07. The smallest absolute Gasteiger partial charge is 0.259 e. The van der Waals surface area contributed by atoms with E-state index in [1.807, 2.05) is 24.3 Å². The summed E-state index contributed by atoms with van der Waals surface area (Å²) in [5.41, 5.74) is 4.67. The lowest BCUT2D eigenvalue weighted by Gasteiger charge is -2.32. The molecule has 8 heteroatoms. The van der Waals surface area contributed by atoms with Gasteiger partial charge in [-0.25, -0.2) is 9.97 Å². The number of piperidine rings is 1. The Labute approximate surface area is 225 Å². The normalized spacial score (nSPS) is 18.3. The summed E-state index contributed by atoms with van der Waals surface area (Å²) in [7, 11) is 2.20. The molecule has 4 heterocycles. The largest absolute Gasteiger partial charge is 0.478 e. The minimum Gasteiger partial charge on any atom is -0.478 e. The number of carbonyl (C=O) groups is 1. The van der Waals surface area contributed by atoms with Gasteiger partial charge in [0.05, 0.1) is 12.2 Å². The van der Waals surface area contributed by atoms with Gasteiger partial charge in [0, 0.05) is 54.4 Å². The predicted molar refractivity (Wildman–Crippen MR) is 152 cm³/mol. The fraction of sp³-hybridized carbons (Fsp3) is 0.433. The Morgan fingerprint density at radius 1 is 1.16 bits per heavy atom. The van der Waals surface area contributed by atoms with Gasteiger partial charge in [0.15, 0.2) is 0 Å². The Morgan fingerprint density at radius 2 is 2.05 bits per heavy atom. The SMILES string of the molecule is CN1CCCCC1CCOc1cc(CNc2ncccc2C(=O)Nc2ccc3c(c2)NCC3(C)C)ccn1. The van der Waals surface area contributed by atoms with Crippen LogP contribution in [0.2, 0.25) is 0 Å². The maximum atomic E-state index is 13.2. The molecule has 2 aliphatic rings. The minimum atomic E-state index is -0.204. The van der Waals surface area contributed by atoms with Gasteiger partial charge in [-0.05, 0) is 74.3 Å². The molecule has 3 aromatic rings. The highest BCUT2D eigenvalue weighted by Crippen LogP contribution is 2.37. The number of nitrogens with one attached hydrogen (secondary N) is 3. The molecule has 0 spiro atoms. The van der Waals surface area contributed by atoms with Crippen LogP contribution < -0.4 is 20.7 Å². The number of hydrogen-bond donors (Lipinski definition) is 3. The Bertz CT molecular complexity index is 1280. The van der Waals surface area contributed by atoms with E-state index in [-0.39, 0.29) is 11.3 Å². The number of pyridine rings is 2. The van der Waals surface area contributed by atoms with Crippen LogP contribution in [0.1, 0.15) is 61.0 Å². The van der Waals surface area contributed by atoms with E-state index in [0.29, 0.717) is 36.5 Å². The summed E-state index contributed by atoms with van der Waals surface area (Å²) in [6, 6.07) is 14.1. The first-order valence-corrected chi connectivity index (χ1v) is 13.6. The first kappa shape index (κ1) is 26.0. The number of carbonyl (C=O) groups excluding carboxylic acids is 1. The molecule has 8 nitrogen and oxygen atoms in total. The third-order valence-corrected chi connectivity index (χ3v) is 7.66. The van der Waals surface area contributed by atoms with Crippen LogP contribution in [0.3, 0.4) is 0 Å². The summed E-state index contributed by atoms with van der Waals surface area (Å²) in [6.45, 7) is 7.63. The lowest BCUT2D eigenvalue weighted by molar-refractivity contribution is 0.102. The molecule has 38 heavy (non-hydrogen) atoms. The molecule has 1 aromatic carbocycles. The van der Waals surface area contributed by atoms with Crippen LogP contribution in [0.5, 0.6) is 5.88 Å². The van der Waals surface area contributed by atoms with E-state index in [1.165, 1.54) is 31.4 Å². The van der Waals surface area contributed by atoms with Gasteiger partial charge in [0.1, 0.15) is 5.82 Å². The van der Waals surface area contributed by atoms with Gasteiger partial charge in [0.25, 0.3) is 5.91 Å². The number of nitrogens with zero attached hydrogens (tertiary/aromatic N) is 3. The van der Waals surface area contributed by atoms with Gasteiger partial charge in [-0.2, -0.15) is 0 Å². The Balaban J connectivity index is 1.18. The van der Waals surface area contributed by atoms with Crippen LogP contribution in [0.4, 0.5) is 17.2 Å². The highest BCUT2D eigenvalue weighted by Gasteiger charge is 2.29. The maximum absolute atomic E-state index is 13.2. The summed E-state index contributed by atoms with van der Waals surface area (Å²) >= 11 is 0. The van der Waals surface area contributed by atoms with E-state index in [4.69, 9.17) is 4.74 Å². The zero-order chi connectivity index (χ0) is 26.5. The van der Waals surface area contributed by atoms with Gasteiger partial charge < -0.3 is 25.6 Å². The van der Waals surface area contributed by atoms with Crippen LogP contribution >= 0.6 is 0 Å². The van der Waals surface area contributed by atoms with Crippen molar-refractivity contribution in [2.45, 2.75) is 57.5 Å². The Morgan fingerprint density at radius 3 is 2.92 bits per heavy atom. The molecule has 0 aliphatic carbocycles. The number of hydrogen-bond acceptors (Lipinski definition) is 7. The van der Waals surface area contributed by atoms with Crippen molar-refractivity contribution >= 4 is 23.1 Å². The van der Waals surface area contributed by atoms with Crippen molar-refractivity contribution in [1.82, 2.24) is 14.9 Å². The van der Waals surface area contributed by atoms with Crippen molar-refractivity contribution in [3.05, 3.63) is 71.5 Å². The van der Waals surface area contributed by atoms with Crippen molar-refractivity contribution in [3.63, 3.8) is 0 Å². The molecule has 2 aliphatic heterocycles. The van der Waals surface area contributed by atoms with Gasteiger partial charge in [0.2, 0.25) is 5.88 Å². The Kier molecular flexibility index (Phi) is 7.79. The minimum absolute atomic E-state index is 0.0856. The number of amides is 1. The second-order valence-corrected chi connectivity index (χ2v) is 11.0. The molecule has 0 radical (unpaired) electrons. The molecule has 0 saturated carbocycles. The van der Waals surface area contributed by atoms with Gasteiger partial charge in [-0.3, -0.25) is 4.79 Å². The number of fused-ring (bicyclic) bond motifs is 1. The molecular formula is C30H38N6O2. The van der Waals surface area contributed by atoms with Crippen molar-refractivity contribution in [2.24, 2.45) is 0 Å². The second-order valence-electron chi connectivity index (χ2n) is 11.0. The Hall–Kier alpha value is -3.65. The molecule has 5 rings (SSSR count). The number of benzene rings is 1. The highest BCUT2D eigenvalue weighted by atomic mass is 16.5. The number of rotatable bonds is 9. The van der Waals surface area contributed by atoms with Crippen LogP contribution in [-0.4, -0.2) is 53.6 Å². The van der Waals surface area contributed by atoms with Gasteiger partial charge >= 0.3 is 0 Å². The molecule has 3 N–H and O–H groups in total. The van der Waals surface area contributed by atoms with Gasteiger partial charge in [-0.1, -0.05) is 26.3 Å². The zero-order valence-corrected chi connectivity index (χ0v) is 22.6.